The zero-order valence-electron chi connectivity index (χ0n) is 14.6. The predicted octanol–water partition coefficient (Wildman–Crippen LogP) is 3.22. The molecule has 0 unspecified atom stereocenters. The molecule has 1 aromatic carbocycles. The maximum Gasteiger partial charge on any atom is 0.238 e. The van der Waals surface area contributed by atoms with Crippen molar-refractivity contribution >= 4 is 15.7 Å². The van der Waals surface area contributed by atoms with Gasteiger partial charge in [0.15, 0.2) is 9.84 Å². The van der Waals surface area contributed by atoms with Crippen molar-refractivity contribution in [2.75, 3.05) is 18.1 Å². The second-order valence-corrected chi connectivity index (χ2v) is 8.84. The van der Waals surface area contributed by atoms with E-state index in [2.05, 4.69) is 0 Å². The number of aryl methyl sites for hydroxylation is 1. The molecule has 0 aromatic heterocycles. The topological polar surface area (TPSA) is 54.5 Å². The molecule has 1 amide bonds. The van der Waals surface area contributed by atoms with Crippen LogP contribution in [0.2, 0.25) is 0 Å². The van der Waals surface area contributed by atoms with Crippen LogP contribution in [0.4, 0.5) is 0 Å². The minimum atomic E-state index is -3.34. The molecule has 2 rings (SSSR count). The quantitative estimate of drug-likeness (QED) is 0.722. The fraction of sp³-hybridized carbons (Fsp3) is 0.632. The number of hydrogen-bond donors (Lipinski definition) is 0. The monoisotopic (exact) mass is 351 g/mol. The molecule has 24 heavy (non-hydrogen) atoms. The van der Waals surface area contributed by atoms with E-state index < -0.39 is 9.84 Å². The molecule has 1 aromatic rings. The molecule has 0 heterocycles. The lowest BCUT2D eigenvalue weighted by Crippen LogP contribution is -2.44. The van der Waals surface area contributed by atoms with Crippen molar-refractivity contribution in [2.45, 2.75) is 57.9 Å². The van der Waals surface area contributed by atoms with Gasteiger partial charge in [-0.05, 0) is 38.2 Å². The van der Waals surface area contributed by atoms with E-state index in [9.17, 15) is 13.2 Å². The molecule has 0 saturated heterocycles. The molecular formula is C19H29NO3S. The smallest absolute Gasteiger partial charge is 0.238 e. The Labute approximate surface area is 146 Å². The molecule has 134 valence electrons. The summed E-state index contributed by atoms with van der Waals surface area (Å²) in [4.78, 5) is 14.3. The van der Waals surface area contributed by atoms with E-state index in [1.165, 1.54) is 6.42 Å². The molecule has 5 heteroatoms. The first-order valence-corrected chi connectivity index (χ1v) is 10.9. The van der Waals surface area contributed by atoms with Crippen LogP contribution in [-0.4, -0.2) is 43.3 Å². The SMILES string of the molecule is CCN(C(=O)CS(=O)(=O)CCCc1ccccc1)C1CCCCC1. The number of carbonyl (C=O) groups is 1. The third-order valence-electron chi connectivity index (χ3n) is 4.78. The standard InChI is InChI=1S/C19H29NO3S/c1-2-20(18-13-7-4-8-14-18)19(21)16-24(22,23)15-9-12-17-10-5-3-6-11-17/h3,5-6,10-11,18H,2,4,7-9,12-16H2,1H3. The van der Waals surface area contributed by atoms with Gasteiger partial charge >= 0.3 is 0 Å². The summed E-state index contributed by atoms with van der Waals surface area (Å²) in [6.45, 7) is 2.54. The van der Waals surface area contributed by atoms with Crippen LogP contribution in [0.5, 0.6) is 0 Å². The second kappa shape index (κ2) is 9.21. The van der Waals surface area contributed by atoms with Crippen LogP contribution >= 0.6 is 0 Å². The van der Waals surface area contributed by atoms with Crippen LogP contribution in [0.1, 0.15) is 51.0 Å². The van der Waals surface area contributed by atoms with Crippen LogP contribution < -0.4 is 0 Å². The van der Waals surface area contributed by atoms with Crippen molar-refractivity contribution in [1.82, 2.24) is 4.90 Å². The highest BCUT2D eigenvalue weighted by Crippen LogP contribution is 2.22. The maximum atomic E-state index is 12.5. The zero-order chi connectivity index (χ0) is 17.4. The molecule has 0 N–H and O–H groups in total. The van der Waals surface area contributed by atoms with Gasteiger partial charge in [-0.2, -0.15) is 0 Å². The highest BCUT2D eigenvalue weighted by molar-refractivity contribution is 7.92. The first-order chi connectivity index (χ1) is 11.5. The van der Waals surface area contributed by atoms with Gasteiger partial charge in [-0.3, -0.25) is 4.79 Å². The Morgan fingerprint density at radius 2 is 1.79 bits per heavy atom. The van der Waals surface area contributed by atoms with Gasteiger partial charge in [0, 0.05) is 12.6 Å². The van der Waals surface area contributed by atoms with E-state index in [1.54, 1.807) is 4.90 Å². The van der Waals surface area contributed by atoms with E-state index in [1.807, 2.05) is 37.3 Å². The van der Waals surface area contributed by atoms with Gasteiger partial charge in [-0.15, -0.1) is 0 Å². The molecule has 0 bridgehead atoms. The maximum absolute atomic E-state index is 12.5. The van der Waals surface area contributed by atoms with E-state index in [-0.39, 0.29) is 23.5 Å². The lowest BCUT2D eigenvalue weighted by molar-refractivity contribution is -0.131. The Hall–Kier alpha value is -1.36. The Morgan fingerprint density at radius 3 is 2.42 bits per heavy atom. The van der Waals surface area contributed by atoms with E-state index in [0.717, 1.165) is 37.7 Å². The minimum Gasteiger partial charge on any atom is -0.339 e. The molecule has 0 atom stereocenters. The summed E-state index contributed by atoms with van der Waals surface area (Å²) in [5.74, 6) is -0.480. The molecule has 0 spiro atoms. The van der Waals surface area contributed by atoms with Gasteiger partial charge in [0.2, 0.25) is 5.91 Å². The Morgan fingerprint density at radius 1 is 1.12 bits per heavy atom. The summed E-state index contributed by atoms with van der Waals surface area (Å²) in [6, 6.07) is 10.1. The first kappa shape index (κ1) is 19.0. The Balaban J connectivity index is 1.83. The average molecular weight is 352 g/mol. The lowest BCUT2D eigenvalue weighted by atomic mass is 9.94. The Kier molecular flexibility index (Phi) is 7.28. The molecule has 1 fully saturated rings. The normalized spacial score (nSPS) is 16.0. The first-order valence-electron chi connectivity index (χ1n) is 9.05. The third kappa shape index (κ3) is 5.93. The average Bonchev–Trinajstić information content (AvgIpc) is 2.57. The number of rotatable bonds is 8. The summed E-state index contributed by atoms with van der Waals surface area (Å²) in [5, 5.41) is 0. The van der Waals surface area contributed by atoms with E-state index in [4.69, 9.17) is 0 Å². The fourth-order valence-electron chi connectivity index (χ4n) is 3.51. The Bertz CT molecular complexity index is 607. The predicted molar refractivity (Wildman–Crippen MR) is 97.7 cm³/mol. The molecule has 4 nitrogen and oxygen atoms in total. The minimum absolute atomic E-state index is 0.0792. The number of amides is 1. The van der Waals surface area contributed by atoms with Gasteiger partial charge < -0.3 is 4.90 Å². The van der Waals surface area contributed by atoms with E-state index in [0.29, 0.717) is 13.0 Å². The largest absolute Gasteiger partial charge is 0.339 e. The molecule has 0 radical (unpaired) electrons. The summed E-state index contributed by atoms with van der Waals surface area (Å²) < 4.78 is 24.6. The summed E-state index contributed by atoms with van der Waals surface area (Å²) in [5.41, 5.74) is 1.14. The number of benzene rings is 1. The van der Waals surface area contributed by atoms with Crippen LogP contribution in [-0.2, 0) is 21.1 Å². The van der Waals surface area contributed by atoms with Crippen LogP contribution in [0.25, 0.3) is 0 Å². The van der Waals surface area contributed by atoms with Gasteiger partial charge in [-0.25, -0.2) is 8.42 Å². The third-order valence-corrected chi connectivity index (χ3v) is 6.38. The lowest BCUT2D eigenvalue weighted by Gasteiger charge is -2.33. The van der Waals surface area contributed by atoms with Gasteiger partial charge in [0.1, 0.15) is 5.75 Å². The van der Waals surface area contributed by atoms with Gasteiger partial charge in [0.25, 0.3) is 0 Å². The molecule has 1 aliphatic rings. The van der Waals surface area contributed by atoms with Gasteiger partial charge in [-0.1, -0.05) is 49.6 Å². The van der Waals surface area contributed by atoms with Crippen LogP contribution in [0.3, 0.4) is 0 Å². The summed E-state index contributed by atoms with van der Waals surface area (Å²) in [7, 11) is -3.34. The summed E-state index contributed by atoms with van der Waals surface area (Å²) >= 11 is 0. The van der Waals surface area contributed by atoms with Crippen molar-refractivity contribution in [3.63, 3.8) is 0 Å². The van der Waals surface area contributed by atoms with Gasteiger partial charge in [0.05, 0.1) is 5.75 Å². The molecular weight excluding hydrogens is 322 g/mol. The number of hydrogen-bond acceptors (Lipinski definition) is 3. The van der Waals surface area contributed by atoms with Crippen LogP contribution in [0, 0.1) is 0 Å². The van der Waals surface area contributed by atoms with Crippen molar-refractivity contribution in [3.05, 3.63) is 35.9 Å². The molecule has 0 aliphatic heterocycles. The van der Waals surface area contributed by atoms with Crippen molar-refractivity contribution in [3.8, 4) is 0 Å². The zero-order valence-corrected chi connectivity index (χ0v) is 15.4. The highest BCUT2D eigenvalue weighted by Gasteiger charge is 2.27. The number of sulfone groups is 1. The van der Waals surface area contributed by atoms with Crippen molar-refractivity contribution in [1.29, 1.82) is 0 Å². The van der Waals surface area contributed by atoms with Crippen molar-refractivity contribution in [2.24, 2.45) is 0 Å². The van der Waals surface area contributed by atoms with Crippen molar-refractivity contribution < 1.29 is 13.2 Å². The fourth-order valence-corrected chi connectivity index (χ4v) is 4.79. The number of nitrogens with zero attached hydrogens (tertiary/aromatic N) is 1. The van der Waals surface area contributed by atoms with Crippen LogP contribution in [0.15, 0.2) is 30.3 Å². The highest BCUT2D eigenvalue weighted by atomic mass is 32.2. The summed E-state index contributed by atoms with van der Waals surface area (Å²) in [6.07, 6.45) is 6.81. The van der Waals surface area contributed by atoms with E-state index >= 15 is 0 Å². The second-order valence-electron chi connectivity index (χ2n) is 6.65. The number of carbonyl (C=O) groups excluding carboxylic acids is 1. The molecule has 1 saturated carbocycles. The molecule has 1 aliphatic carbocycles.